The molecule has 1 heterocycles. The number of nitrogens with zero attached hydrogens (tertiary/aromatic N) is 1. The highest BCUT2D eigenvalue weighted by Gasteiger charge is 2.01. The second-order valence-corrected chi connectivity index (χ2v) is 4.65. The normalized spacial score (nSPS) is 10.3. The topological polar surface area (TPSA) is 55.0 Å². The van der Waals surface area contributed by atoms with Gasteiger partial charge in [-0.05, 0) is 35.9 Å². The lowest BCUT2D eigenvalue weighted by molar-refractivity contribution is 0.482. The van der Waals surface area contributed by atoms with E-state index in [-0.39, 0.29) is 5.56 Å². The van der Waals surface area contributed by atoms with E-state index in [0.717, 1.165) is 22.8 Å². The van der Waals surface area contributed by atoms with Crippen LogP contribution < -0.4 is 10.3 Å². The third kappa shape index (κ3) is 3.57. The van der Waals surface area contributed by atoms with E-state index in [0.29, 0.717) is 6.42 Å². The van der Waals surface area contributed by atoms with Gasteiger partial charge in [0.25, 0.3) is 5.56 Å². The molecule has 0 saturated heterocycles. The van der Waals surface area contributed by atoms with Gasteiger partial charge in [0.2, 0.25) is 0 Å². The standard InChI is InChI=1S/C17H14N2O2/c20-17-10-9-14(18-19-17)11-13-5-4-8-16(12-13)21-15-6-2-1-3-7-15/h1-10,12H,11H2,(H,19,20). The van der Waals surface area contributed by atoms with Gasteiger partial charge >= 0.3 is 0 Å². The van der Waals surface area contributed by atoms with Gasteiger partial charge in [-0.1, -0.05) is 30.3 Å². The molecule has 4 nitrogen and oxygen atoms in total. The Kier molecular flexibility index (Phi) is 3.78. The van der Waals surface area contributed by atoms with Gasteiger partial charge in [0.1, 0.15) is 11.5 Å². The largest absolute Gasteiger partial charge is 0.457 e. The lowest BCUT2D eigenvalue weighted by atomic mass is 10.1. The summed E-state index contributed by atoms with van der Waals surface area (Å²) in [5, 5.41) is 6.45. The molecule has 0 radical (unpaired) electrons. The maximum absolute atomic E-state index is 11.0. The van der Waals surface area contributed by atoms with Crippen LogP contribution in [-0.4, -0.2) is 10.2 Å². The summed E-state index contributed by atoms with van der Waals surface area (Å²) in [5.74, 6) is 1.58. The second kappa shape index (κ2) is 6.05. The van der Waals surface area contributed by atoms with Crippen molar-refractivity contribution in [3.63, 3.8) is 0 Å². The Balaban J connectivity index is 1.77. The van der Waals surface area contributed by atoms with Gasteiger partial charge in [0.05, 0.1) is 5.69 Å². The summed E-state index contributed by atoms with van der Waals surface area (Å²) in [4.78, 5) is 11.0. The molecule has 0 aliphatic rings. The van der Waals surface area contributed by atoms with Crippen LogP contribution in [0.15, 0.2) is 71.5 Å². The summed E-state index contributed by atoms with van der Waals surface area (Å²) in [5.41, 5.74) is 1.69. The Bertz CT molecular complexity index is 762. The van der Waals surface area contributed by atoms with Gasteiger partial charge in [0.15, 0.2) is 0 Å². The van der Waals surface area contributed by atoms with Crippen molar-refractivity contribution in [2.75, 3.05) is 0 Å². The quantitative estimate of drug-likeness (QED) is 0.797. The molecule has 0 saturated carbocycles. The van der Waals surface area contributed by atoms with Crippen molar-refractivity contribution in [1.29, 1.82) is 0 Å². The van der Waals surface area contributed by atoms with Gasteiger partial charge in [-0.2, -0.15) is 5.10 Å². The Labute approximate surface area is 122 Å². The van der Waals surface area contributed by atoms with Crippen LogP contribution in [0, 0.1) is 0 Å². The van der Waals surface area contributed by atoms with E-state index in [2.05, 4.69) is 10.2 Å². The fourth-order valence-electron chi connectivity index (χ4n) is 2.02. The van der Waals surface area contributed by atoms with E-state index in [4.69, 9.17) is 4.74 Å². The summed E-state index contributed by atoms with van der Waals surface area (Å²) in [6.07, 6.45) is 0.642. The lowest BCUT2D eigenvalue weighted by Crippen LogP contribution is -2.07. The minimum Gasteiger partial charge on any atom is -0.457 e. The van der Waals surface area contributed by atoms with Gasteiger partial charge in [-0.15, -0.1) is 0 Å². The summed E-state index contributed by atoms with van der Waals surface area (Å²) < 4.78 is 5.80. The molecule has 2 aromatic carbocycles. The highest BCUT2D eigenvalue weighted by Crippen LogP contribution is 2.22. The van der Waals surface area contributed by atoms with E-state index in [1.54, 1.807) is 6.07 Å². The number of hydrogen-bond donors (Lipinski definition) is 1. The van der Waals surface area contributed by atoms with Gasteiger partial charge in [-0.3, -0.25) is 4.79 Å². The molecule has 4 heteroatoms. The van der Waals surface area contributed by atoms with E-state index in [9.17, 15) is 4.79 Å². The smallest absolute Gasteiger partial charge is 0.264 e. The van der Waals surface area contributed by atoms with Crippen LogP contribution in [0.4, 0.5) is 0 Å². The number of rotatable bonds is 4. The van der Waals surface area contributed by atoms with Gasteiger partial charge < -0.3 is 4.74 Å². The van der Waals surface area contributed by atoms with Crippen molar-refractivity contribution in [3.8, 4) is 11.5 Å². The molecule has 3 rings (SSSR count). The molecule has 0 spiro atoms. The molecule has 1 N–H and O–H groups in total. The minimum absolute atomic E-state index is 0.195. The van der Waals surface area contributed by atoms with Crippen LogP contribution in [0.3, 0.4) is 0 Å². The first-order valence-corrected chi connectivity index (χ1v) is 6.66. The lowest BCUT2D eigenvalue weighted by Gasteiger charge is -2.07. The number of hydrogen-bond acceptors (Lipinski definition) is 3. The maximum Gasteiger partial charge on any atom is 0.264 e. The molecular weight excluding hydrogens is 264 g/mol. The third-order valence-corrected chi connectivity index (χ3v) is 3.00. The molecule has 0 aliphatic carbocycles. The molecule has 3 aromatic rings. The summed E-state index contributed by atoms with van der Waals surface area (Å²) >= 11 is 0. The molecule has 1 aromatic heterocycles. The van der Waals surface area contributed by atoms with Crippen LogP contribution >= 0.6 is 0 Å². The van der Waals surface area contributed by atoms with Crippen LogP contribution in [0.5, 0.6) is 11.5 Å². The SMILES string of the molecule is O=c1ccc(Cc2cccc(Oc3ccccc3)c2)n[nH]1. The minimum atomic E-state index is -0.195. The van der Waals surface area contributed by atoms with Crippen molar-refractivity contribution < 1.29 is 4.74 Å². The Hall–Kier alpha value is -2.88. The first kappa shape index (κ1) is 13.1. The average Bonchev–Trinajstić information content (AvgIpc) is 2.51. The number of aromatic nitrogens is 2. The number of aromatic amines is 1. The number of ether oxygens (including phenoxy) is 1. The van der Waals surface area contributed by atoms with E-state index >= 15 is 0 Å². The van der Waals surface area contributed by atoms with Crippen molar-refractivity contribution in [2.45, 2.75) is 6.42 Å². The molecule has 0 atom stereocenters. The van der Waals surface area contributed by atoms with Crippen molar-refractivity contribution in [1.82, 2.24) is 10.2 Å². The number of benzene rings is 2. The summed E-state index contributed by atoms with van der Waals surface area (Å²) in [6.45, 7) is 0. The Morgan fingerprint density at radius 3 is 2.48 bits per heavy atom. The first-order chi connectivity index (χ1) is 10.3. The average molecular weight is 278 g/mol. The van der Waals surface area contributed by atoms with Crippen molar-refractivity contribution in [3.05, 3.63) is 88.3 Å². The van der Waals surface area contributed by atoms with Crippen LogP contribution in [0.2, 0.25) is 0 Å². The van der Waals surface area contributed by atoms with Crippen LogP contribution in [0.1, 0.15) is 11.3 Å². The molecule has 0 unspecified atom stereocenters. The molecular formula is C17H14N2O2. The van der Waals surface area contributed by atoms with Gasteiger partial charge in [-0.25, -0.2) is 5.10 Å². The molecule has 0 fully saturated rings. The highest BCUT2D eigenvalue weighted by atomic mass is 16.5. The molecule has 0 amide bonds. The zero-order chi connectivity index (χ0) is 14.5. The number of nitrogens with one attached hydrogen (secondary N) is 1. The first-order valence-electron chi connectivity index (χ1n) is 6.66. The predicted octanol–water partition coefficient (Wildman–Crippen LogP) is 3.15. The summed E-state index contributed by atoms with van der Waals surface area (Å²) in [7, 11) is 0. The molecule has 104 valence electrons. The monoisotopic (exact) mass is 278 g/mol. The highest BCUT2D eigenvalue weighted by molar-refractivity contribution is 5.35. The molecule has 0 aliphatic heterocycles. The predicted molar refractivity (Wildman–Crippen MR) is 80.6 cm³/mol. The Morgan fingerprint density at radius 2 is 1.71 bits per heavy atom. The maximum atomic E-state index is 11.0. The van der Waals surface area contributed by atoms with Gasteiger partial charge in [0, 0.05) is 12.5 Å². The van der Waals surface area contributed by atoms with Crippen molar-refractivity contribution >= 4 is 0 Å². The zero-order valence-electron chi connectivity index (χ0n) is 11.3. The third-order valence-electron chi connectivity index (χ3n) is 3.00. The second-order valence-electron chi connectivity index (χ2n) is 4.65. The van der Waals surface area contributed by atoms with Crippen LogP contribution in [0.25, 0.3) is 0 Å². The Morgan fingerprint density at radius 1 is 0.905 bits per heavy atom. The van der Waals surface area contributed by atoms with E-state index in [1.165, 1.54) is 6.07 Å². The number of para-hydroxylation sites is 1. The fourth-order valence-corrected chi connectivity index (χ4v) is 2.02. The number of H-pyrrole nitrogens is 1. The van der Waals surface area contributed by atoms with E-state index in [1.807, 2.05) is 54.6 Å². The molecule has 0 bridgehead atoms. The van der Waals surface area contributed by atoms with E-state index < -0.39 is 0 Å². The summed E-state index contributed by atoms with van der Waals surface area (Å²) in [6, 6.07) is 20.7. The van der Waals surface area contributed by atoms with Crippen molar-refractivity contribution in [2.24, 2.45) is 0 Å². The van der Waals surface area contributed by atoms with Crippen LogP contribution in [-0.2, 0) is 6.42 Å². The zero-order valence-corrected chi connectivity index (χ0v) is 11.3. The fraction of sp³-hybridized carbons (Fsp3) is 0.0588. The molecule has 21 heavy (non-hydrogen) atoms.